The van der Waals surface area contributed by atoms with Crippen LogP contribution in [0.5, 0.6) is 0 Å². The van der Waals surface area contributed by atoms with Gasteiger partial charge in [0.05, 0.1) is 6.04 Å². The molecule has 2 N–H and O–H groups in total. The van der Waals surface area contributed by atoms with Gasteiger partial charge in [0.1, 0.15) is 0 Å². The van der Waals surface area contributed by atoms with Gasteiger partial charge >= 0.3 is 0 Å². The monoisotopic (exact) mass is 193 g/mol. The summed E-state index contributed by atoms with van der Waals surface area (Å²) in [4.78, 5) is 0. The second kappa shape index (κ2) is 3.74. The Labute approximate surface area is 72.2 Å². The largest absolute Gasteiger partial charge is 0.319 e. The number of hydrogen-bond acceptors (Lipinski definition) is 1. The van der Waals surface area contributed by atoms with Crippen LogP contribution in [0.2, 0.25) is 0 Å². The lowest BCUT2D eigenvalue weighted by Gasteiger charge is -2.11. The Morgan fingerprint density at radius 3 is 2.31 bits per heavy atom. The third-order valence-corrected chi connectivity index (χ3v) is 1.61. The molecule has 1 aromatic rings. The fraction of sp³-hybridized carbons (Fsp3) is 0.250. The maximum absolute atomic E-state index is 12.8. The van der Waals surface area contributed by atoms with Gasteiger partial charge in [-0.1, -0.05) is 12.1 Å². The number of benzene rings is 1. The highest BCUT2D eigenvalue weighted by molar-refractivity contribution is 5.22. The summed E-state index contributed by atoms with van der Waals surface area (Å²) in [6.45, 7) is 0. The molecular formula is C8H7F4N. The molecule has 1 unspecified atom stereocenters. The van der Waals surface area contributed by atoms with Crippen LogP contribution in [0.15, 0.2) is 18.2 Å². The van der Waals surface area contributed by atoms with E-state index in [1.807, 2.05) is 0 Å². The third-order valence-electron chi connectivity index (χ3n) is 1.61. The maximum Gasteiger partial charge on any atom is 0.257 e. The van der Waals surface area contributed by atoms with Gasteiger partial charge in [-0.15, -0.1) is 0 Å². The first kappa shape index (κ1) is 9.98. The lowest BCUT2D eigenvalue weighted by Crippen LogP contribution is -2.20. The highest BCUT2D eigenvalue weighted by Crippen LogP contribution is 2.22. The van der Waals surface area contributed by atoms with Gasteiger partial charge in [-0.2, -0.15) is 0 Å². The fourth-order valence-electron chi connectivity index (χ4n) is 0.914. The second-order valence-corrected chi connectivity index (χ2v) is 2.50. The van der Waals surface area contributed by atoms with Gasteiger partial charge < -0.3 is 5.73 Å². The van der Waals surface area contributed by atoms with Crippen molar-refractivity contribution in [2.24, 2.45) is 5.73 Å². The highest BCUT2D eigenvalue weighted by Gasteiger charge is 2.22. The normalized spacial score (nSPS) is 13.4. The third kappa shape index (κ3) is 1.98. The van der Waals surface area contributed by atoms with Crippen LogP contribution in [0.4, 0.5) is 17.6 Å². The van der Waals surface area contributed by atoms with Crippen molar-refractivity contribution in [3.8, 4) is 0 Å². The Kier molecular flexibility index (Phi) is 2.87. The van der Waals surface area contributed by atoms with Crippen LogP contribution in [0.3, 0.4) is 0 Å². The Hall–Kier alpha value is -1.10. The molecule has 1 rings (SSSR count). The number of alkyl halides is 2. The van der Waals surface area contributed by atoms with Gasteiger partial charge in [-0.25, -0.2) is 17.6 Å². The Balaban J connectivity index is 3.07. The van der Waals surface area contributed by atoms with Crippen molar-refractivity contribution in [2.75, 3.05) is 0 Å². The molecule has 0 radical (unpaired) electrons. The predicted octanol–water partition coefficient (Wildman–Crippen LogP) is 2.23. The quantitative estimate of drug-likeness (QED) is 0.716. The van der Waals surface area contributed by atoms with Gasteiger partial charge in [-0.05, 0) is 6.07 Å². The van der Waals surface area contributed by atoms with E-state index in [4.69, 9.17) is 5.73 Å². The molecule has 0 heterocycles. The molecule has 13 heavy (non-hydrogen) atoms. The van der Waals surface area contributed by atoms with Crippen molar-refractivity contribution >= 4 is 0 Å². The zero-order chi connectivity index (χ0) is 10.0. The highest BCUT2D eigenvalue weighted by atomic mass is 19.3. The van der Waals surface area contributed by atoms with E-state index < -0.39 is 29.7 Å². The van der Waals surface area contributed by atoms with E-state index in [1.165, 1.54) is 0 Å². The Morgan fingerprint density at radius 2 is 1.77 bits per heavy atom. The standard InChI is InChI=1S/C8H7F4N/c9-5-3-1-2-4(6(5)10)7(13)8(11)12/h1-3,7-8H,13H2. The molecule has 0 aliphatic rings. The second-order valence-electron chi connectivity index (χ2n) is 2.50. The first-order chi connectivity index (χ1) is 6.04. The molecule has 0 amide bonds. The van der Waals surface area contributed by atoms with E-state index in [0.29, 0.717) is 0 Å². The first-order valence-corrected chi connectivity index (χ1v) is 3.51. The number of nitrogens with two attached hydrogens (primary N) is 1. The van der Waals surface area contributed by atoms with E-state index in [1.54, 1.807) is 0 Å². The van der Waals surface area contributed by atoms with Crippen molar-refractivity contribution in [1.29, 1.82) is 0 Å². The van der Waals surface area contributed by atoms with Crippen LogP contribution in [0.25, 0.3) is 0 Å². The lowest BCUT2D eigenvalue weighted by molar-refractivity contribution is 0.114. The van der Waals surface area contributed by atoms with E-state index >= 15 is 0 Å². The predicted molar refractivity (Wildman–Crippen MR) is 39.3 cm³/mol. The smallest absolute Gasteiger partial charge is 0.257 e. The molecule has 1 atom stereocenters. The van der Waals surface area contributed by atoms with Crippen molar-refractivity contribution in [2.45, 2.75) is 12.5 Å². The van der Waals surface area contributed by atoms with E-state index in [9.17, 15) is 17.6 Å². The summed E-state index contributed by atoms with van der Waals surface area (Å²) < 4.78 is 49.4. The summed E-state index contributed by atoms with van der Waals surface area (Å²) in [5.41, 5.74) is 4.45. The topological polar surface area (TPSA) is 26.0 Å². The van der Waals surface area contributed by atoms with Gasteiger partial charge in [0.25, 0.3) is 6.43 Å². The summed E-state index contributed by atoms with van der Waals surface area (Å²) >= 11 is 0. The van der Waals surface area contributed by atoms with Crippen LogP contribution in [0, 0.1) is 11.6 Å². The molecule has 0 bridgehead atoms. The summed E-state index contributed by atoms with van der Waals surface area (Å²) in [6.07, 6.45) is -2.91. The molecule has 5 heteroatoms. The molecule has 1 aromatic carbocycles. The Morgan fingerprint density at radius 1 is 1.15 bits per heavy atom. The minimum atomic E-state index is -2.91. The Bertz CT molecular complexity index is 300. The molecule has 0 aromatic heterocycles. The molecule has 72 valence electrons. The SMILES string of the molecule is NC(c1cccc(F)c1F)C(F)F. The zero-order valence-corrected chi connectivity index (χ0v) is 6.48. The first-order valence-electron chi connectivity index (χ1n) is 3.51. The van der Waals surface area contributed by atoms with Gasteiger partial charge in [-0.3, -0.25) is 0 Å². The summed E-state index contributed by atoms with van der Waals surface area (Å²) in [5.74, 6) is -2.48. The summed E-state index contributed by atoms with van der Waals surface area (Å²) in [7, 11) is 0. The van der Waals surface area contributed by atoms with Crippen LogP contribution < -0.4 is 5.73 Å². The van der Waals surface area contributed by atoms with Crippen LogP contribution in [-0.2, 0) is 0 Å². The number of rotatable bonds is 2. The van der Waals surface area contributed by atoms with Crippen LogP contribution >= 0.6 is 0 Å². The van der Waals surface area contributed by atoms with Crippen molar-refractivity contribution in [3.05, 3.63) is 35.4 Å². The lowest BCUT2D eigenvalue weighted by atomic mass is 10.1. The average Bonchev–Trinajstić information content (AvgIpc) is 2.08. The van der Waals surface area contributed by atoms with Gasteiger partial charge in [0.2, 0.25) is 0 Å². The van der Waals surface area contributed by atoms with Crippen LogP contribution in [0.1, 0.15) is 11.6 Å². The van der Waals surface area contributed by atoms with Crippen molar-refractivity contribution in [1.82, 2.24) is 0 Å². The molecule has 0 saturated heterocycles. The van der Waals surface area contributed by atoms with Crippen LogP contribution in [-0.4, -0.2) is 6.43 Å². The molecule has 0 fully saturated rings. The molecule has 0 aliphatic heterocycles. The number of halogens is 4. The molecule has 0 saturated carbocycles. The molecule has 1 nitrogen and oxygen atoms in total. The fourth-order valence-corrected chi connectivity index (χ4v) is 0.914. The van der Waals surface area contributed by atoms with Gasteiger partial charge in [0, 0.05) is 5.56 Å². The number of hydrogen-bond donors (Lipinski definition) is 1. The average molecular weight is 193 g/mol. The summed E-state index contributed by atoms with van der Waals surface area (Å²) in [6, 6.07) is 1.23. The van der Waals surface area contributed by atoms with E-state index in [0.717, 1.165) is 18.2 Å². The van der Waals surface area contributed by atoms with Gasteiger partial charge in [0.15, 0.2) is 11.6 Å². The van der Waals surface area contributed by atoms with Crippen molar-refractivity contribution < 1.29 is 17.6 Å². The summed E-state index contributed by atoms with van der Waals surface area (Å²) in [5, 5.41) is 0. The van der Waals surface area contributed by atoms with Crippen molar-refractivity contribution in [3.63, 3.8) is 0 Å². The minimum Gasteiger partial charge on any atom is -0.319 e. The zero-order valence-electron chi connectivity index (χ0n) is 6.48. The molecule has 0 spiro atoms. The maximum atomic E-state index is 12.8. The van der Waals surface area contributed by atoms with E-state index in [-0.39, 0.29) is 0 Å². The molecular weight excluding hydrogens is 186 g/mol. The molecule has 0 aliphatic carbocycles. The minimum absolute atomic E-state index is 0.505. The van der Waals surface area contributed by atoms with E-state index in [2.05, 4.69) is 0 Å².